The van der Waals surface area contributed by atoms with Crippen LogP contribution in [0.2, 0.25) is 0 Å². The number of rotatable bonds is 1. The smallest absolute Gasteiger partial charge is 0.165 e. The highest BCUT2D eigenvalue weighted by molar-refractivity contribution is 5.33. The van der Waals surface area contributed by atoms with E-state index in [2.05, 4.69) is 4.98 Å². The standard InChI is InChI=1S/C10H13FN2O/c11-9-5-8(6-13-10(9)12)7-1-3-14-4-2-7/h5-7H,1-4H2,(H2,12,13). The van der Waals surface area contributed by atoms with Crippen molar-refractivity contribution in [1.82, 2.24) is 4.98 Å². The Morgan fingerprint density at radius 2 is 2.14 bits per heavy atom. The summed E-state index contributed by atoms with van der Waals surface area (Å²) >= 11 is 0. The molecule has 1 aliphatic heterocycles. The van der Waals surface area contributed by atoms with Crippen LogP contribution in [0.25, 0.3) is 0 Å². The van der Waals surface area contributed by atoms with E-state index in [0.717, 1.165) is 31.6 Å². The van der Waals surface area contributed by atoms with Crippen LogP contribution in [0.4, 0.5) is 10.2 Å². The van der Waals surface area contributed by atoms with Gasteiger partial charge in [0.05, 0.1) is 0 Å². The second-order valence-corrected chi connectivity index (χ2v) is 3.52. The van der Waals surface area contributed by atoms with Gasteiger partial charge in [-0.2, -0.15) is 0 Å². The minimum atomic E-state index is -0.422. The fourth-order valence-corrected chi connectivity index (χ4v) is 1.72. The second kappa shape index (κ2) is 3.92. The fourth-order valence-electron chi connectivity index (χ4n) is 1.72. The first-order valence-electron chi connectivity index (χ1n) is 4.76. The van der Waals surface area contributed by atoms with Crippen LogP contribution in [0.15, 0.2) is 12.3 Å². The average molecular weight is 196 g/mol. The van der Waals surface area contributed by atoms with Crippen LogP contribution in [-0.2, 0) is 4.74 Å². The molecule has 1 saturated heterocycles. The van der Waals surface area contributed by atoms with E-state index in [9.17, 15) is 4.39 Å². The summed E-state index contributed by atoms with van der Waals surface area (Å²) in [5, 5.41) is 0. The molecule has 0 aliphatic carbocycles. The Bertz CT molecular complexity index is 324. The first-order chi connectivity index (χ1) is 6.77. The van der Waals surface area contributed by atoms with E-state index in [1.165, 1.54) is 6.07 Å². The molecule has 3 nitrogen and oxygen atoms in total. The third kappa shape index (κ3) is 1.85. The van der Waals surface area contributed by atoms with Crippen LogP contribution in [0, 0.1) is 5.82 Å². The lowest BCUT2D eigenvalue weighted by Gasteiger charge is -2.22. The molecule has 1 aromatic heterocycles. The molecule has 2 N–H and O–H groups in total. The van der Waals surface area contributed by atoms with E-state index >= 15 is 0 Å². The monoisotopic (exact) mass is 196 g/mol. The van der Waals surface area contributed by atoms with Crippen molar-refractivity contribution in [2.75, 3.05) is 18.9 Å². The number of hydrogen-bond donors (Lipinski definition) is 1. The molecule has 0 bridgehead atoms. The van der Waals surface area contributed by atoms with Gasteiger partial charge in [-0.1, -0.05) is 0 Å². The van der Waals surface area contributed by atoms with E-state index in [4.69, 9.17) is 10.5 Å². The molecule has 4 heteroatoms. The predicted octanol–water partition coefficient (Wildman–Crippen LogP) is 1.70. The van der Waals surface area contributed by atoms with E-state index in [0.29, 0.717) is 5.92 Å². The zero-order valence-corrected chi connectivity index (χ0v) is 7.87. The summed E-state index contributed by atoms with van der Waals surface area (Å²) in [6.07, 6.45) is 3.53. The number of aromatic nitrogens is 1. The largest absolute Gasteiger partial charge is 0.381 e. The van der Waals surface area contributed by atoms with Crippen molar-refractivity contribution in [1.29, 1.82) is 0 Å². The molecule has 2 heterocycles. The second-order valence-electron chi connectivity index (χ2n) is 3.52. The van der Waals surface area contributed by atoms with Gasteiger partial charge in [0.1, 0.15) is 0 Å². The Morgan fingerprint density at radius 3 is 2.79 bits per heavy atom. The maximum atomic E-state index is 13.1. The number of anilines is 1. The molecule has 1 aliphatic rings. The Morgan fingerprint density at radius 1 is 1.43 bits per heavy atom. The Balaban J connectivity index is 2.18. The lowest BCUT2D eigenvalue weighted by atomic mass is 9.93. The van der Waals surface area contributed by atoms with E-state index in [1.54, 1.807) is 6.20 Å². The topological polar surface area (TPSA) is 48.1 Å². The predicted molar refractivity (Wildman–Crippen MR) is 51.4 cm³/mol. The summed E-state index contributed by atoms with van der Waals surface area (Å²) in [6, 6.07) is 1.48. The molecule has 1 fully saturated rings. The van der Waals surface area contributed by atoms with Crippen LogP contribution < -0.4 is 5.73 Å². The maximum Gasteiger partial charge on any atom is 0.165 e. The molecule has 0 radical (unpaired) electrons. The van der Waals surface area contributed by atoms with Crippen LogP contribution in [-0.4, -0.2) is 18.2 Å². The third-order valence-corrected chi connectivity index (χ3v) is 2.58. The zero-order valence-electron chi connectivity index (χ0n) is 7.87. The van der Waals surface area contributed by atoms with Crippen LogP contribution in [0.1, 0.15) is 24.3 Å². The molecular formula is C10H13FN2O. The molecule has 76 valence electrons. The van der Waals surface area contributed by atoms with Crippen LogP contribution >= 0.6 is 0 Å². The van der Waals surface area contributed by atoms with Gasteiger partial charge in [-0.3, -0.25) is 0 Å². The number of nitrogens with two attached hydrogens (primary N) is 1. The van der Waals surface area contributed by atoms with Crippen molar-refractivity contribution in [2.24, 2.45) is 0 Å². The Hall–Kier alpha value is -1.16. The van der Waals surface area contributed by atoms with Crippen molar-refractivity contribution in [2.45, 2.75) is 18.8 Å². The van der Waals surface area contributed by atoms with Gasteiger partial charge < -0.3 is 10.5 Å². The van der Waals surface area contributed by atoms with Gasteiger partial charge in [0.15, 0.2) is 11.6 Å². The molecular weight excluding hydrogens is 183 g/mol. The average Bonchev–Trinajstić information content (AvgIpc) is 2.23. The number of hydrogen-bond acceptors (Lipinski definition) is 3. The van der Waals surface area contributed by atoms with Gasteiger partial charge >= 0.3 is 0 Å². The SMILES string of the molecule is Nc1ncc(C2CCOCC2)cc1F. The molecule has 0 aromatic carbocycles. The third-order valence-electron chi connectivity index (χ3n) is 2.58. The number of ether oxygens (including phenoxy) is 1. The van der Waals surface area contributed by atoms with Crippen molar-refractivity contribution in [3.63, 3.8) is 0 Å². The molecule has 2 rings (SSSR count). The fraction of sp³-hybridized carbons (Fsp3) is 0.500. The number of nitrogens with zero attached hydrogens (tertiary/aromatic N) is 1. The minimum absolute atomic E-state index is 0.0270. The molecule has 1 aromatic rings. The first kappa shape index (κ1) is 9.40. The minimum Gasteiger partial charge on any atom is -0.381 e. The van der Waals surface area contributed by atoms with Gasteiger partial charge in [-0.15, -0.1) is 0 Å². The molecule has 0 atom stereocenters. The number of nitrogen functional groups attached to an aromatic ring is 1. The summed E-state index contributed by atoms with van der Waals surface area (Å²) < 4.78 is 18.4. The van der Waals surface area contributed by atoms with E-state index in [-0.39, 0.29) is 5.82 Å². The van der Waals surface area contributed by atoms with Gasteiger partial charge in [0.2, 0.25) is 0 Å². The molecule has 0 spiro atoms. The van der Waals surface area contributed by atoms with E-state index < -0.39 is 5.82 Å². The highest BCUT2D eigenvalue weighted by Gasteiger charge is 2.17. The normalized spacial score (nSPS) is 18.4. The van der Waals surface area contributed by atoms with E-state index in [1.807, 2.05) is 0 Å². The van der Waals surface area contributed by atoms with Crippen LogP contribution in [0.5, 0.6) is 0 Å². The highest BCUT2D eigenvalue weighted by Crippen LogP contribution is 2.27. The Labute approximate surface area is 82.1 Å². The molecule has 14 heavy (non-hydrogen) atoms. The summed E-state index contributed by atoms with van der Waals surface area (Å²) in [5.41, 5.74) is 6.24. The number of pyridine rings is 1. The molecule has 0 unspecified atom stereocenters. The Kier molecular flexibility index (Phi) is 2.63. The van der Waals surface area contributed by atoms with Gasteiger partial charge in [-0.25, -0.2) is 9.37 Å². The quantitative estimate of drug-likeness (QED) is 0.743. The first-order valence-corrected chi connectivity index (χ1v) is 4.76. The van der Waals surface area contributed by atoms with Crippen molar-refractivity contribution in [3.05, 3.63) is 23.6 Å². The van der Waals surface area contributed by atoms with Gasteiger partial charge in [-0.05, 0) is 30.4 Å². The summed E-state index contributed by atoms with van der Waals surface area (Å²) in [7, 11) is 0. The van der Waals surface area contributed by atoms with Crippen molar-refractivity contribution in [3.8, 4) is 0 Å². The van der Waals surface area contributed by atoms with Crippen molar-refractivity contribution < 1.29 is 9.13 Å². The van der Waals surface area contributed by atoms with Gasteiger partial charge in [0.25, 0.3) is 0 Å². The van der Waals surface area contributed by atoms with Crippen molar-refractivity contribution >= 4 is 5.82 Å². The summed E-state index contributed by atoms with van der Waals surface area (Å²) in [5.74, 6) is -0.0823. The zero-order chi connectivity index (χ0) is 9.97. The highest BCUT2D eigenvalue weighted by atomic mass is 19.1. The van der Waals surface area contributed by atoms with Crippen LogP contribution in [0.3, 0.4) is 0 Å². The lowest BCUT2D eigenvalue weighted by molar-refractivity contribution is 0.0852. The summed E-state index contributed by atoms with van der Waals surface area (Å²) in [4.78, 5) is 3.82. The molecule has 0 saturated carbocycles. The summed E-state index contributed by atoms with van der Waals surface area (Å²) in [6.45, 7) is 1.49. The number of halogens is 1. The molecule has 0 amide bonds. The van der Waals surface area contributed by atoms with Gasteiger partial charge in [0, 0.05) is 19.4 Å². The maximum absolute atomic E-state index is 13.1. The lowest BCUT2D eigenvalue weighted by Crippen LogP contribution is -2.14.